The molecule has 2 aliphatic rings. The standard InChI is InChI=1S/C22H17I2N3O3/c23-11-9-13(20(29)14(24)10-11)17-18-15(7-4-8-16(18)28)25-21-19(17)22(30)27(26-21)12-5-2-1-3-6-12/h1-3,5-6,9-10,17,25-26,29H,4,7-8H2. The SMILES string of the molecule is O=C1CCCC2=C1C(c1cc(I)cc(I)c1O)c1c([nH]n(-c3ccccc3)c1=O)N2. The molecule has 0 radical (unpaired) electrons. The van der Waals surface area contributed by atoms with Crippen molar-refractivity contribution in [2.24, 2.45) is 0 Å². The molecule has 0 amide bonds. The zero-order valence-electron chi connectivity index (χ0n) is 15.7. The molecule has 8 heteroatoms. The summed E-state index contributed by atoms with van der Waals surface area (Å²) in [5.41, 5.74) is 2.96. The van der Waals surface area contributed by atoms with E-state index in [0.717, 1.165) is 22.1 Å². The number of nitrogens with one attached hydrogen (secondary N) is 2. The van der Waals surface area contributed by atoms with Crippen LogP contribution >= 0.6 is 45.2 Å². The van der Waals surface area contributed by atoms with Crippen LogP contribution in [-0.2, 0) is 4.79 Å². The number of aromatic nitrogens is 2. The maximum atomic E-state index is 13.5. The first kappa shape index (κ1) is 19.9. The molecule has 0 bridgehead atoms. The molecule has 152 valence electrons. The third kappa shape index (κ3) is 3.11. The molecule has 1 aliphatic carbocycles. The maximum Gasteiger partial charge on any atom is 0.277 e. The number of aromatic hydroxyl groups is 1. The summed E-state index contributed by atoms with van der Waals surface area (Å²) in [5, 5.41) is 17.4. The highest BCUT2D eigenvalue weighted by molar-refractivity contribution is 14.1. The molecule has 0 spiro atoms. The average Bonchev–Trinajstić information content (AvgIpc) is 3.06. The van der Waals surface area contributed by atoms with Crippen molar-refractivity contribution in [1.82, 2.24) is 9.78 Å². The highest BCUT2D eigenvalue weighted by atomic mass is 127. The van der Waals surface area contributed by atoms with Gasteiger partial charge < -0.3 is 10.4 Å². The van der Waals surface area contributed by atoms with Crippen molar-refractivity contribution >= 4 is 56.8 Å². The van der Waals surface area contributed by atoms with Crippen LogP contribution in [-0.4, -0.2) is 20.7 Å². The number of aromatic amines is 1. The molecule has 1 aromatic heterocycles. The number of nitrogens with zero attached hydrogens (tertiary/aromatic N) is 1. The van der Waals surface area contributed by atoms with Crippen LogP contribution in [0.1, 0.15) is 36.3 Å². The molecular formula is C22H17I2N3O3. The summed E-state index contributed by atoms with van der Waals surface area (Å²) >= 11 is 4.28. The summed E-state index contributed by atoms with van der Waals surface area (Å²) in [4.78, 5) is 26.5. The monoisotopic (exact) mass is 625 g/mol. The zero-order chi connectivity index (χ0) is 21.0. The van der Waals surface area contributed by atoms with Crippen LogP contribution in [0.25, 0.3) is 5.69 Å². The molecular weight excluding hydrogens is 608 g/mol. The molecule has 5 rings (SSSR count). The van der Waals surface area contributed by atoms with Crippen molar-refractivity contribution in [2.45, 2.75) is 25.2 Å². The Bertz CT molecular complexity index is 1270. The first-order valence-electron chi connectivity index (χ1n) is 9.57. The van der Waals surface area contributed by atoms with E-state index in [9.17, 15) is 14.7 Å². The number of phenolic OH excluding ortho intramolecular Hbond substituents is 1. The number of benzene rings is 2. The van der Waals surface area contributed by atoms with Gasteiger partial charge in [-0.15, -0.1) is 0 Å². The van der Waals surface area contributed by atoms with Crippen LogP contribution in [0.3, 0.4) is 0 Å². The van der Waals surface area contributed by atoms with E-state index in [0.29, 0.717) is 38.2 Å². The summed E-state index contributed by atoms with van der Waals surface area (Å²) < 4.78 is 3.12. The Morgan fingerprint density at radius 1 is 1.07 bits per heavy atom. The number of fused-ring (bicyclic) bond motifs is 1. The number of carbonyl (C=O) groups is 1. The summed E-state index contributed by atoms with van der Waals surface area (Å²) in [6.07, 6.45) is 1.95. The number of ketones is 1. The number of allylic oxidation sites excluding steroid dienone is 2. The number of rotatable bonds is 2. The minimum Gasteiger partial charge on any atom is -0.507 e. The molecule has 3 N–H and O–H groups in total. The van der Waals surface area contributed by atoms with Gasteiger partial charge in [0.1, 0.15) is 11.6 Å². The third-order valence-electron chi connectivity index (χ3n) is 5.62. The normalized spacial score (nSPS) is 18.1. The predicted octanol–water partition coefficient (Wildman–Crippen LogP) is 4.64. The number of H-pyrrole nitrogens is 1. The number of halogens is 2. The van der Waals surface area contributed by atoms with Gasteiger partial charge in [-0.3, -0.25) is 14.7 Å². The first-order chi connectivity index (χ1) is 14.5. The van der Waals surface area contributed by atoms with Crippen molar-refractivity contribution in [3.05, 3.63) is 82.4 Å². The van der Waals surface area contributed by atoms with Gasteiger partial charge in [-0.2, -0.15) is 0 Å². The van der Waals surface area contributed by atoms with Crippen LogP contribution in [0.5, 0.6) is 5.75 Å². The van der Waals surface area contributed by atoms with Crippen molar-refractivity contribution in [2.75, 3.05) is 5.32 Å². The van der Waals surface area contributed by atoms with Gasteiger partial charge in [0.2, 0.25) is 0 Å². The van der Waals surface area contributed by atoms with Crippen molar-refractivity contribution in [3.8, 4) is 11.4 Å². The lowest BCUT2D eigenvalue weighted by Gasteiger charge is -2.31. The summed E-state index contributed by atoms with van der Waals surface area (Å²) in [5.74, 6) is 0.113. The van der Waals surface area contributed by atoms with Crippen LogP contribution in [0, 0.1) is 7.14 Å². The number of hydrogen-bond donors (Lipinski definition) is 3. The number of phenols is 1. The van der Waals surface area contributed by atoms with Gasteiger partial charge in [-0.1, -0.05) is 18.2 Å². The van der Waals surface area contributed by atoms with Crippen LogP contribution in [0.4, 0.5) is 5.82 Å². The van der Waals surface area contributed by atoms with Gasteiger partial charge in [-0.25, -0.2) is 4.68 Å². The minimum atomic E-state index is -0.610. The highest BCUT2D eigenvalue weighted by Gasteiger charge is 2.40. The Kier molecular flexibility index (Phi) is 5.00. The van der Waals surface area contributed by atoms with Crippen molar-refractivity contribution in [3.63, 3.8) is 0 Å². The quantitative estimate of drug-likeness (QED) is 0.363. The number of carbonyl (C=O) groups excluding carboxylic acids is 1. The topological polar surface area (TPSA) is 87.1 Å². The van der Waals surface area contributed by atoms with E-state index in [4.69, 9.17) is 0 Å². The molecule has 0 fully saturated rings. The van der Waals surface area contributed by atoms with Crippen LogP contribution in [0.2, 0.25) is 0 Å². The molecule has 6 nitrogen and oxygen atoms in total. The van der Waals surface area contributed by atoms with Crippen LogP contribution in [0.15, 0.2) is 58.5 Å². The van der Waals surface area contributed by atoms with Gasteiger partial charge in [0.25, 0.3) is 5.56 Å². The molecule has 1 unspecified atom stereocenters. The number of para-hydroxylation sites is 1. The third-order valence-corrected chi connectivity index (χ3v) is 7.06. The lowest BCUT2D eigenvalue weighted by Crippen LogP contribution is -2.30. The molecule has 0 saturated heterocycles. The average molecular weight is 625 g/mol. The number of hydrogen-bond acceptors (Lipinski definition) is 4. The van der Waals surface area contributed by atoms with E-state index in [-0.39, 0.29) is 17.1 Å². The smallest absolute Gasteiger partial charge is 0.277 e. The fourth-order valence-corrected chi connectivity index (χ4v) is 6.20. The Labute approximate surface area is 199 Å². The minimum absolute atomic E-state index is 0.0273. The van der Waals surface area contributed by atoms with Crippen LogP contribution < -0.4 is 10.9 Å². The molecule has 2 aromatic carbocycles. The highest BCUT2D eigenvalue weighted by Crippen LogP contribution is 2.47. The lowest BCUT2D eigenvalue weighted by atomic mass is 9.76. The Morgan fingerprint density at radius 2 is 1.83 bits per heavy atom. The lowest BCUT2D eigenvalue weighted by molar-refractivity contribution is -0.116. The molecule has 0 saturated carbocycles. The Morgan fingerprint density at radius 3 is 2.60 bits per heavy atom. The number of anilines is 1. The second-order valence-electron chi connectivity index (χ2n) is 7.43. The van der Waals surface area contributed by atoms with E-state index in [1.54, 1.807) is 0 Å². The van der Waals surface area contributed by atoms with E-state index in [1.165, 1.54) is 4.68 Å². The Hall–Kier alpha value is -2.08. The van der Waals surface area contributed by atoms with Gasteiger partial charge >= 0.3 is 0 Å². The van der Waals surface area contributed by atoms with Crippen molar-refractivity contribution in [1.29, 1.82) is 0 Å². The maximum absolute atomic E-state index is 13.5. The first-order valence-corrected chi connectivity index (χ1v) is 11.7. The fourth-order valence-electron chi connectivity index (χ4n) is 4.31. The van der Waals surface area contributed by atoms with Gasteiger partial charge in [0.05, 0.1) is 20.7 Å². The molecule has 3 aromatic rings. The van der Waals surface area contributed by atoms with Crippen molar-refractivity contribution < 1.29 is 9.90 Å². The molecule has 1 aliphatic heterocycles. The van der Waals surface area contributed by atoms with E-state index < -0.39 is 5.92 Å². The van der Waals surface area contributed by atoms with E-state index >= 15 is 0 Å². The number of Topliss-reactive ketones (excluding diaryl/α,β-unsaturated/α-hetero) is 1. The largest absolute Gasteiger partial charge is 0.507 e. The second kappa shape index (κ2) is 7.56. The summed E-state index contributed by atoms with van der Waals surface area (Å²) in [7, 11) is 0. The molecule has 2 heterocycles. The van der Waals surface area contributed by atoms with Gasteiger partial charge in [-0.05, 0) is 82.3 Å². The molecule has 1 atom stereocenters. The predicted molar refractivity (Wildman–Crippen MR) is 131 cm³/mol. The second-order valence-corrected chi connectivity index (χ2v) is 9.84. The summed E-state index contributed by atoms with van der Waals surface area (Å²) in [6, 6.07) is 13.1. The van der Waals surface area contributed by atoms with E-state index in [1.807, 2.05) is 42.5 Å². The van der Waals surface area contributed by atoms with Gasteiger partial charge in [0.15, 0.2) is 5.78 Å². The molecule has 30 heavy (non-hydrogen) atoms. The summed E-state index contributed by atoms with van der Waals surface area (Å²) in [6.45, 7) is 0. The fraction of sp³-hybridized carbons (Fsp3) is 0.182. The van der Waals surface area contributed by atoms with Gasteiger partial charge in [0, 0.05) is 26.8 Å². The van der Waals surface area contributed by atoms with E-state index in [2.05, 4.69) is 55.6 Å². The Balaban J connectivity index is 1.80. The zero-order valence-corrected chi connectivity index (χ0v) is 20.0.